The van der Waals surface area contributed by atoms with E-state index in [1.54, 1.807) is 12.1 Å². The Bertz CT molecular complexity index is 843. The molecule has 25 heavy (non-hydrogen) atoms. The van der Waals surface area contributed by atoms with Crippen molar-refractivity contribution in [2.75, 3.05) is 18.1 Å². The molecule has 0 radical (unpaired) electrons. The van der Waals surface area contributed by atoms with E-state index >= 15 is 0 Å². The minimum atomic E-state index is -0.480. The minimum Gasteiger partial charge on any atom is -0.494 e. The lowest BCUT2D eigenvalue weighted by atomic mass is 10.1. The molecule has 0 fully saturated rings. The van der Waals surface area contributed by atoms with Crippen LogP contribution in [0, 0.1) is 13.8 Å². The maximum atomic E-state index is 12.2. The van der Waals surface area contributed by atoms with E-state index in [4.69, 9.17) is 16.3 Å². The Kier molecular flexibility index (Phi) is 5.16. The molecule has 1 heterocycles. The standard InChI is InChI=1S/C19H17BrClNO3/c1-11-8-14(9-12(2)17(11)21)25-7-3-6-22-16-5-4-13(20)10-15(16)18(23)19(22)24/h4-5,8-10H,3,6-7H2,1-2H3. The third-order valence-corrected chi connectivity index (χ3v) is 5.23. The molecule has 0 unspecified atom stereocenters. The Hall–Kier alpha value is -1.85. The summed E-state index contributed by atoms with van der Waals surface area (Å²) in [6.07, 6.45) is 0.620. The number of fused-ring (bicyclic) bond motifs is 1. The zero-order chi connectivity index (χ0) is 18.1. The molecule has 0 atom stereocenters. The number of benzene rings is 2. The lowest BCUT2D eigenvalue weighted by Crippen LogP contribution is -2.31. The zero-order valence-electron chi connectivity index (χ0n) is 13.9. The van der Waals surface area contributed by atoms with Crippen LogP contribution in [0.1, 0.15) is 27.9 Å². The first-order valence-corrected chi connectivity index (χ1v) is 9.11. The normalized spacial score (nSPS) is 13.4. The number of amides is 1. The van der Waals surface area contributed by atoms with E-state index in [0.717, 1.165) is 26.4 Å². The number of hydrogen-bond acceptors (Lipinski definition) is 3. The van der Waals surface area contributed by atoms with E-state index in [-0.39, 0.29) is 0 Å². The van der Waals surface area contributed by atoms with Crippen LogP contribution in [0.2, 0.25) is 5.02 Å². The van der Waals surface area contributed by atoms with E-state index < -0.39 is 11.7 Å². The average molecular weight is 423 g/mol. The molecular weight excluding hydrogens is 406 g/mol. The van der Waals surface area contributed by atoms with Gasteiger partial charge in [-0.2, -0.15) is 0 Å². The number of nitrogens with zero attached hydrogens (tertiary/aromatic N) is 1. The highest BCUT2D eigenvalue weighted by Gasteiger charge is 2.35. The number of hydrogen-bond donors (Lipinski definition) is 0. The van der Waals surface area contributed by atoms with Crippen LogP contribution in [0.4, 0.5) is 5.69 Å². The van der Waals surface area contributed by atoms with E-state index in [2.05, 4.69) is 15.9 Å². The summed E-state index contributed by atoms with van der Waals surface area (Å²) in [6, 6.07) is 9.09. The molecule has 0 bridgehead atoms. The van der Waals surface area contributed by atoms with Crippen molar-refractivity contribution < 1.29 is 14.3 Å². The topological polar surface area (TPSA) is 46.6 Å². The summed E-state index contributed by atoms with van der Waals surface area (Å²) < 4.78 is 6.55. The molecule has 0 aliphatic carbocycles. The van der Waals surface area contributed by atoms with E-state index in [9.17, 15) is 9.59 Å². The Morgan fingerprint density at radius 1 is 1.12 bits per heavy atom. The van der Waals surface area contributed by atoms with Gasteiger partial charge >= 0.3 is 0 Å². The van der Waals surface area contributed by atoms with Crippen molar-refractivity contribution in [3.05, 3.63) is 56.5 Å². The lowest BCUT2D eigenvalue weighted by molar-refractivity contribution is -0.114. The molecule has 2 aromatic carbocycles. The van der Waals surface area contributed by atoms with Crippen molar-refractivity contribution in [1.82, 2.24) is 0 Å². The highest BCUT2D eigenvalue weighted by molar-refractivity contribution is 9.10. The Labute approximate surface area is 159 Å². The largest absolute Gasteiger partial charge is 0.494 e. The van der Waals surface area contributed by atoms with Crippen LogP contribution in [0.5, 0.6) is 5.75 Å². The number of Topliss-reactive ketones (excluding diaryl/α,β-unsaturated/α-hetero) is 1. The molecule has 0 N–H and O–H groups in total. The summed E-state index contributed by atoms with van der Waals surface area (Å²) in [5, 5.41) is 0.747. The van der Waals surface area contributed by atoms with Crippen molar-refractivity contribution in [2.24, 2.45) is 0 Å². The second-order valence-electron chi connectivity index (χ2n) is 6.02. The second-order valence-corrected chi connectivity index (χ2v) is 7.31. The number of ketones is 1. The van der Waals surface area contributed by atoms with E-state index in [1.165, 1.54) is 4.90 Å². The van der Waals surface area contributed by atoms with Gasteiger partial charge in [-0.25, -0.2) is 0 Å². The van der Waals surface area contributed by atoms with Gasteiger partial charge in [0.15, 0.2) is 0 Å². The molecule has 2 aromatic rings. The molecule has 0 spiro atoms. The third kappa shape index (κ3) is 3.58. The molecule has 130 valence electrons. The molecule has 3 rings (SSSR count). The fraction of sp³-hybridized carbons (Fsp3) is 0.263. The number of ether oxygens (including phenoxy) is 1. The minimum absolute atomic E-state index is 0.435. The molecule has 0 saturated heterocycles. The molecular formula is C19H17BrClNO3. The molecule has 1 aliphatic heterocycles. The number of carbonyl (C=O) groups excluding carboxylic acids is 2. The number of carbonyl (C=O) groups is 2. The van der Waals surface area contributed by atoms with Crippen LogP contribution in [-0.2, 0) is 4.79 Å². The van der Waals surface area contributed by atoms with Crippen LogP contribution < -0.4 is 9.64 Å². The summed E-state index contributed by atoms with van der Waals surface area (Å²) >= 11 is 9.48. The molecule has 4 nitrogen and oxygen atoms in total. The highest BCUT2D eigenvalue weighted by atomic mass is 79.9. The number of rotatable bonds is 5. The summed E-state index contributed by atoms with van der Waals surface area (Å²) in [7, 11) is 0. The summed E-state index contributed by atoms with van der Waals surface area (Å²) in [5.41, 5.74) is 3.05. The van der Waals surface area contributed by atoms with Crippen LogP contribution in [0.3, 0.4) is 0 Å². The molecule has 1 amide bonds. The lowest BCUT2D eigenvalue weighted by Gasteiger charge is -2.17. The van der Waals surface area contributed by atoms with Gasteiger partial charge in [0, 0.05) is 16.0 Å². The van der Waals surface area contributed by atoms with Gasteiger partial charge in [-0.3, -0.25) is 9.59 Å². The Morgan fingerprint density at radius 2 is 1.80 bits per heavy atom. The van der Waals surface area contributed by atoms with Crippen LogP contribution in [-0.4, -0.2) is 24.8 Å². The highest BCUT2D eigenvalue weighted by Crippen LogP contribution is 2.31. The summed E-state index contributed by atoms with van der Waals surface area (Å²) in [6.45, 7) is 4.76. The monoisotopic (exact) mass is 421 g/mol. The fourth-order valence-corrected chi connectivity index (χ4v) is 3.37. The van der Waals surface area contributed by atoms with Gasteiger partial charge in [-0.05, 0) is 61.7 Å². The summed E-state index contributed by atoms with van der Waals surface area (Å²) in [5.74, 6) is -0.181. The third-order valence-electron chi connectivity index (χ3n) is 4.14. The van der Waals surface area contributed by atoms with Crippen molar-refractivity contribution in [2.45, 2.75) is 20.3 Å². The van der Waals surface area contributed by atoms with Gasteiger partial charge in [0.2, 0.25) is 0 Å². The fourth-order valence-electron chi connectivity index (χ4n) is 2.90. The maximum absolute atomic E-state index is 12.2. The number of halogens is 2. The SMILES string of the molecule is Cc1cc(OCCCN2C(=O)C(=O)c3cc(Br)ccc32)cc(C)c1Cl. The van der Waals surface area contributed by atoms with E-state index in [0.29, 0.717) is 30.8 Å². The van der Waals surface area contributed by atoms with Crippen LogP contribution in [0.15, 0.2) is 34.8 Å². The van der Waals surface area contributed by atoms with Gasteiger partial charge in [-0.15, -0.1) is 0 Å². The average Bonchev–Trinajstić information content (AvgIpc) is 2.80. The first-order chi connectivity index (χ1) is 11.9. The molecule has 0 saturated carbocycles. The maximum Gasteiger partial charge on any atom is 0.299 e. The van der Waals surface area contributed by atoms with Crippen molar-refractivity contribution >= 4 is 44.9 Å². The molecule has 0 aromatic heterocycles. The predicted octanol–water partition coefficient (Wildman–Crippen LogP) is 4.72. The van der Waals surface area contributed by atoms with Gasteiger partial charge in [0.05, 0.1) is 17.9 Å². The van der Waals surface area contributed by atoms with E-state index in [1.807, 2.05) is 32.0 Å². The van der Waals surface area contributed by atoms with Crippen LogP contribution >= 0.6 is 27.5 Å². The van der Waals surface area contributed by atoms with Crippen LogP contribution in [0.25, 0.3) is 0 Å². The van der Waals surface area contributed by atoms with Gasteiger partial charge < -0.3 is 9.64 Å². The number of aryl methyl sites for hydroxylation is 2. The van der Waals surface area contributed by atoms with Crippen molar-refractivity contribution in [3.8, 4) is 5.75 Å². The van der Waals surface area contributed by atoms with Crippen molar-refractivity contribution in [3.63, 3.8) is 0 Å². The Morgan fingerprint density at radius 3 is 2.48 bits per heavy atom. The van der Waals surface area contributed by atoms with Crippen molar-refractivity contribution in [1.29, 1.82) is 0 Å². The van der Waals surface area contributed by atoms with Gasteiger partial charge in [0.25, 0.3) is 11.7 Å². The quantitative estimate of drug-likeness (QED) is 0.517. The Balaban J connectivity index is 1.62. The number of anilines is 1. The van der Waals surface area contributed by atoms with Gasteiger partial charge in [0.1, 0.15) is 5.75 Å². The summed E-state index contributed by atoms with van der Waals surface area (Å²) in [4.78, 5) is 25.8. The molecule has 6 heteroatoms. The molecule has 1 aliphatic rings. The van der Waals surface area contributed by atoms with Gasteiger partial charge in [-0.1, -0.05) is 27.5 Å². The second kappa shape index (κ2) is 7.18. The first-order valence-electron chi connectivity index (χ1n) is 7.94. The smallest absolute Gasteiger partial charge is 0.299 e. The zero-order valence-corrected chi connectivity index (χ0v) is 16.3. The first kappa shape index (κ1) is 18.0. The predicted molar refractivity (Wildman–Crippen MR) is 102 cm³/mol.